The molecule has 0 aliphatic carbocycles. The predicted molar refractivity (Wildman–Crippen MR) is 71.1 cm³/mol. The molecule has 0 fully saturated rings. The van der Waals surface area contributed by atoms with Crippen molar-refractivity contribution < 1.29 is 4.79 Å². The highest BCUT2D eigenvalue weighted by atomic mass is 35.5. The zero-order valence-electron chi connectivity index (χ0n) is 9.21. The van der Waals surface area contributed by atoms with Gasteiger partial charge < -0.3 is 0 Å². The van der Waals surface area contributed by atoms with Crippen LogP contribution in [0.25, 0.3) is 0 Å². The van der Waals surface area contributed by atoms with Gasteiger partial charge in [-0.2, -0.15) is 0 Å². The Morgan fingerprint density at radius 2 is 1.71 bits per heavy atom. The van der Waals surface area contributed by atoms with Crippen molar-refractivity contribution in [3.63, 3.8) is 0 Å². The molecular formula is C14H10Cl2O. The van der Waals surface area contributed by atoms with Gasteiger partial charge in [0, 0.05) is 21.2 Å². The van der Waals surface area contributed by atoms with E-state index in [4.69, 9.17) is 23.2 Å². The van der Waals surface area contributed by atoms with Crippen LogP contribution in [0.15, 0.2) is 42.5 Å². The molecule has 2 aromatic carbocycles. The second kappa shape index (κ2) is 4.91. The summed E-state index contributed by atoms with van der Waals surface area (Å²) in [6.07, 6.45) is 0. The Kier molecular flexibility index (Phi) is 3.51. The SMILES string of the molecule is Cc1ccc(C(=O)c2cccc(Cl)c2)cc1Cl. The summed E-state index contributed by atoms with van der Waals surface area (Å²) in [7, 11) is 0. The number of ketones is 1. The third-order valence-corrected chi connectivity index (χ3v) is 3.16. The molecule has 2 rings (SSSR count). The summed E-state index contributed by atoms with van der Waals surface area (Å²) in [4.78, 5) is 12.1. The fraction of sp³-hybridized carbons (Fsp3) is 0.0714. The quantitative estimate of drug-likeness (QED) is 0.729. The van der Waals surface area contributed by atoms with E-state index >= 15 is 0 Å². The van der Waals surface area contributed by atoms with Gasteiger partial charge >= 0.3 is 0 Å². The maximum absolute atomic E-state index is 12.1. The van der Waals surface area contributed by atoms with E-state index < -0.39 is 0 Å². The highest BCUT2D eigenvalue weighted by molar-refractivity contribution is 6.32. The molecule has 0 radical (unpaired) electrons. The molecular weight excluding hydrogens is 255 g/mol. The first-order valence-electron chi connectivity index (χ1n) is 5.14. The van der Waals surface area contributed by atoms with E-state index in [1.807, 2.05) is 13.0 Å². The van der Waals surface area contributed by atoms with Gasteiger partial charge in [-0.25, -0.2) is 0 Å². The third-order valence-electron chi connectivity index (χ3n) is 2.52. The number of hydrogen-bond acceptors (Lipinski definition) is 1. The Bertz CT molecular complexity index is 576. The molecule has 0 N–H and O–H groups in total. The largest absolute Gasteiger partial charge is 0.289 e. The standard InChI is InChI=1S/C14H10Cl2O/c1-9-5-6-11(8-13(9)16)14(17)10-3-2-4-12(15)7-10/h2-8H,1H3. The molecule has 1 nitrogen and oxygen atoms in total. The fourth-order valence-corrected chi connectivity index (χ4v) is 1.90. The van der Waals surface area contributed by atoms with Crippen LogP contribution < -0.4 is 0 Å². The minimum absolute atomic E-state index is 0.0746. The van der Waals surface area contributed by atoms with E-state index in [9.17, 15) is 4.79 Å². The summed E-state index contributed by atoms with van der Waals surface area (Å²) in [6.45, 7) is 1.90. The van der Waals surface area contributed by atoms with Crippen LogP contribution >= 0.6 is 23.2 Å². The molecule has 0 bridgehead atoms. The molecule has 0 saturated heterocycles. The smallest absolute Gasteiger partial charge is 0.193 e. The van der Waals surface area contributed by atoms with Crippen LogP contribution in [0.4, 0.5) is 0 Å². The maximum atomic E-state index is 12.1. The van der Waals surface area contributed by atoms with Gasteiger partial charge in [0.25, 0.3) is 0 Å². The van der Waals surface area contributed by atoms with Gasteiger partial charge in [-0.1, -0.05) is 47.5 Å². The van der Waals surface area contributed by atoms with E-state index in [1.54, 1.807) is 36.4 Å². The average molecular weight is 265 g/mol. The predicted octanol–water partition coefficient (Wildman–Crippen LogP) is 4.53. The zero-order chi connectivity index (χ0) is 12.4. The van der Waals surface area contributed by atoms with E-state index in [2.05, 4.69) is 0 Å². The van der Waals surface area contributed by atoms with Crippen molar-refractivity contribution in [2.75, 3.05) is 0 Å². The Balaban J connectivity index is 2.40. The molecule has 0 unspecified atom stereocenters. The van der Waals surface area contributed by atoms with Crippen LogP contribution in [-0.4, -0.2) is 5.78 Å². The van der Waals surface area contributed by atoms with Crippen LogP contribution in [0, 0.1) is 6.92 Å². The van der Waals surface area contributed by atoms with E-state index in [-0.39, 0.29) is 5.78 Å². The Morgan fingerprint density at radius 1 is 1.00 bits per heavy atom. The van der Waals surface area contributed by atoms with Gasteiger partial charge in [-0.15, -0.1) is 0 Å². The lowest BCUT2D eigenvalue weighted by atomic mass is 10.0. The molecule has 0 aliphatic rings. The second-order valence-corrected chi connectivity index (χ2v) is 4.65. The van der Waals surface area contributed by atoms with Crippen molar-refractivity contribution in [1.82, 2.24) is 0 Å². The number of halogens is 2. The molecule has 3 heteroatoms. The minimum Gasteiger partial charge on any atom is -0.289 e. The van der Waals surface area contributed by atoms with Gasteiger partial charge in [0.15, 0.2) is 5.78 Å². The summed E-state index contributed by atoms with van der Waals surface area (Å²) in [6, 6.07) is 12.2. The normalized spacial score (nSPS) is 10.3. The molecule has 0 amide bonds. The fourth-order valence-electron chi connectivity index (χ4n) is 1.53. The van der Waals surface area contributed by atoms with E-state index in [1.165, 1.54) is 0 Å². The van der Waals surface area contributed by atoms with Crippen LogP contribution in [0.5, 0.6) is 0 Å². The van der Waals surface area contributed by atoms with Crippen molar-refractivity contribution in [2.45, 2.75) is 6.92 Å². The zero-order valence-corrected chi connectivity index (χ0v) is 10.7. The molecule has 17 heavy (non-hydrogen) atoms. The number of carbonyl (C=O) groups is 1. The summed E-state index contributed by atoms with van der Waals surface area (Å²) >= 11 is 11.9. The monoisotopic (exact) mass is 264 g/mol. The lowest BCUT2D eigenvalue weighted by Crippen LogP contribution is -2.01. The molecule has 0 spiro atoms. The highest BCUT2D eigenvalue weighted by Crippen LogP contribution is 2.20. The summed E-state index contributed by atoms with van der Waals surface area (Å²) in [5.41, 5.74) is 2.09. The lowest BCUT2D eigenvalue weighted by Gasteiger charge is -2.04. The Morgan fingerprint density at radius 3 is 2.35 bits per heavy atom. The molecule has 0 heterocycles. The van der Waals surface area contributed by atoms with Gasteiger partial charge in [-0.3, -0.25) is 4.79 Å². The minimum atomic E-state index is -0.0746. The topological polar surface area (TPSA) is 17.1 Å². The first-order chi connectivity index (χ1) is 8.08. The van der Waals surface area contributed by atoms with Crippen LogP contribution in [0.2, 0.25) is 10.0 Å². The number of aryl methyl sites for hydroxylation is 1. The van der Waals surface area contributed by atoms with Crippen molar-refractivity contribution >= 4 is 29.0 Å². The van der Waals surface area contributed by atoms with E-state index in [0.717, 1.165) is 5.56 Å². The second-order valence-electron chi connectivity index (χ2n) is 3.80. The Labute approximate surface area is 110 Å². The summed E-state index contributed by atoms with van der Waals surface area (Å²) in [5.74, 6) is -0.0746. The molecule has 0 saturated carbocycles. The summed E-state index contributed by atoms with van der Waals surface area (Å²) in [5, 5.41) is 1.15. The van der Waals surface area contributed by atoms with Gasteiger partial charge in [0.2, 0.25) is 0 Å². The van der Waals surface area contributed by atoms with Crippen LogP contribution in [0.3, 0.4) is 0 Å². The molecule has 0 aliphatic heterocycles. The number of benzene rings is 2. The van der Waals surface area contributed by atoms with Crippen molar-refractivity contribution in [1.29, 1.82) is 0 Å². The average Bonchev–Trinajstić information content (AvgIpc) is 2.32. The van der Waals surface area contributed by atoms with Crippen molar-refractivity contribution in [3.05, 3.63) is 69.2 Å². The number of carbonyl (C=O) groups excluding carboxylic acids is 1. The number of rotatable bonds is 2. The van der Waals surface area contributed by atoms with Crippen molar-refractivity contribution in [3.8, 4) is 0 Å². The highest BCUT2D eigenvalue weighted by Gasteiger charge is 2.10. The molecule has 0 atom stereocenters. The molecule has 0 aromatic heterocycles. The molecule has 2 aromatic rings. The lowest BCUT2D eigenvalue weighted by molar-refractivity contribution is 0.103. The van der Waals surface area contributed by atoms with Crippen molar-refractivity contribution in [2.24, 2.45) is 0 Å². The third kappa shape index (κ3) is 2.68. The Hall–Kier alpha value is -1.31. The molecule has 86 valence electrons. The number of hydrogen-bond donors (Lipinski definition) is 0. The van der Waals surface area contributed by atoms with E-state index in [0.29, 0.717) is 21.2 Å². The maximum Gasteiger partial charge on any atom is 0.193 e. The first-order valence-corrected chi connectivity index (χ1v) is 5.90. The van der Waals surface area contributed by atoms with Gasteiger partial charge in [0.05, 0.1) is 0 Å². The van der Waals surface area contributed by atoms with Crippen LogP contribution in [-0.2, 0) is 0 Å². The van der Waals surface area contributed by atoms with Crippen LogP contribution in [0.1, 0.15) is 21.5 Å². The summed E-state index contributed by atoms with van der Waals surface area (Å²) < 4.78 is 0. The first kappa shape index (κ1) is 12.2. The van der Waals surface area contributed by atoms with Gasteiger partial charge in [-0.05, 0) is 30.7 Å². The van der Waals surface area contributed by atoms with Gasteiger partial charge in [0.1, 0.15) is 0 Å².